The average molecular weight is 585 g/mol. The molecule has 3 aromatic carbocycles. The molecule has 2 heterocycles. The summed E-state index contributed by atoms with van der Waals surface area (Å²) in [7, 11) is 0. The highest BCUT2D eigenvalue weighted by Gasteiger charge is 2.54. The lowest BCUT2D eigenvalue weighted by Crippen LogP contribution is -2.50. The number of carbonyl (C=O) groups is 2. The number of H-pyrrole nitrogens is 1. The van der Waals surface area contributed by atoms with E-state index in [4.69, 9.17) is 9.47 Å². The minimum atomic E-state index is -0.910. The Morgan fingerprint density at radius 2 is 1.70 bits per heavy atom. The lowest BCUT2D eigenvalue weighted by molar-refractivity contribution is -0.137. The summed E-state index contributed by atoms with van der Waals surface area (Å²) >= 11 is 0. The fraction of sp³-hybridized carbons (Fsp3) is 0.353. The maximum Gasteiger partial charge on any atom is 0.408 e. The summed E-state index contributed by atoms with van der Waals surface area (Å²) in [4.78, 5) is 28.2. The van der Waals surface area contributed by atoms with Crippen LogP contribution in [0.15, 0.2) is 85.1 Å². The monoisotopic (exact) mass is 584 g/mol. The summed E-state index contributed by atoms with van der Waals surface area (Å²) < 4.78 is 11.5. The molecule has 1 aliphatic heterocycles. The highest BCUT2D eigenvalue weighted by molar-refractivity contribution is 5.84. The molecule has 1 saturated heterocycles. The van der Waals surface area contributed by atoms with E-state index in [0.29, 0.717) is 19.4 Å². The van der Waals surface area contributed by atoms with E-state index in [0.717, 1.165) is 33.3 Å². The molecule has 4 N–H and O–H groups in total. The van der Waals surface area contributed by atoms with Gasteiger partial charge in [-0.1, -0.05) is 67.6 Å². The van der Waals surface area contributed by atoms with Crippen molar-refractivity contribution in [3.8, 4) is 5.75 Å². The fourth-order valence-corrected chi connectivity index (χ4v) is 5.37. The molecule has 0 spiro atoms. The summed E-state index contributed by atoms with van der Waals surface area (Å²) in [6.45, 7) is 7.98. The molecule has 3 unspecified atom stereocenters. The van der Waals surface area contributed by atoms with E-state index in [1.165, 1.54) is 0 Å². The van der Waals surface area contributed by atoms with Gasteiger partial charge in [0.1, 0.15) is 24.0 Å². The van der Waals surface area contributed by atoms with Crippen molar-refractivity contribution >= 4 is 23.0 Å². The Morgan fingerprint density at radius 1 is 1.00 bits per heavy atom. The van der Waals surface area contributed by atoms with E-state index in [1.807, 2.05) is 85.1 Å². The molecule has 1 fully saturated rings. The number of aliphatic carboxylic acids is 1. The first-order valence-electron chi connectivity index (χ1n) is 14.7. The van der Waals surface area contributed by atoms with Crippen molar-refractivity contribution in [1.82, 2.24) is 20.7 Å². The number of rotatable bonds is 12. The topological polar surface area (TPSA) is 116 Å². The van der Waals surface area contributed by atoms with Crippen LogP contribution in [-0.4, -0.2) is 51.0 Å². The Hall–Kier alpha value is -4.34. The molecule has 5 rings (SSSR count). The third-order valence-electron chi connectivity index (χ3n) is 7.57. The van der Waals surface area contributed by atoms with E-state index in [1.54, 1.807) is 25.8 Å². The van der Waals surface area contributed by atoms with Crippen molar-refractivity contribution in [2.45, 2.75) is 76.9 Å². The van der Waals surface area contributed by atoms with Crippen molar-refractivity contribution < 1.29 is 24.2 Å². The number of aromatic amines is 1. The van der Waals surface area contributed by atoms with Crippen LogP contribution in [0.25, 0.3) is 10.9 Å². The van der Waals surface area contributed by atoms with Crippen molar-refractivity contribution in [3.05, 3.63) is 102 Å². The van der Waals surface area contributed by atoms with Gasteiger partial charge in [-0.3, -0.25) is 4.79 Å². The van der Waals surface area contributed by atoms with Gasteiger partial charge in [0.2, 0.25) is 0 Å². The number of hydrazine groups is 1. The largest absolute Gasteiger partial charge is 0.489 e. The predicted molar refractivity (Wildman–Crippen MR) is 166 cm³/mol. The van der Waals surface area contributed by atoms with Crippen LogP contribution in [0.2, 0.25) is 0 Å². The third-order valence-corrected chi connectivity index (χ3v) is 7.57. The van der Waals surface area contributed by atoms with E-state index in [-0.39, 0.29) is 12.0 Å². The number of carboxylic acids is 1. The Morgan fingerprint density at radius 3 is 2.40 bits per heavy atom. The number of carboxylic acid groups (broad SMARTS) is 1. The van der Waals surface area contributed by atoms with Crippen molar-refractivity contribution in [1.29, 1.82) is 0 Å². The number of amides is 1. The molecule has 4 aromatic rings. The second kappa shape index (κ2) is 12.9. The van der Waals surface area contributed by atoms with Gasteiger partial charge in [0, 0.05) is 17.1 Å². The second-order valence-electron chi connectivity index (χ2n) is 12.1. The third kappa shape index (κ3) is 7.94. The van der Waals surface area contributed by atoms with Crippen LogP contribution in [-0.2, 0) is 22.6 Å². The Bertz CT molecular complexity index is 1530. The van der Waals surface area contributed by atoms with Gasteiger partial charge in [-0.25, -0.2) is 15.2 Å². The van der Waals surface area contributed by atoms with Gasteiger partial charge in [0.15, 0.2) is 0 Å². The predicted octanol–water partition coefficient (Wildman–Crippen LogP) is 5.98. The van der Waals surface area contributed by atoms with Gasteiger partial charge in [0.05, 0.1) is 12.2 Å². The van der Waals surface area contributed by atoms with E-state index < -0.39 is 29.9 Å². The number of hydrogen-bond donors (Lipinski definition) is 4. The number of carbonyl (C=O) groups excluding carboxylic acids is 1. The number of alkyl carbamates (subject to hydrolysis) is 1. The van der Waals surface area contributed by atoms with Gasteiger partial charge in [-0.15, -0.1) is 0 Å². The van der Waals surface area contributed by atoms with E-state index >= 15 is 0 Å². The van der Waals surface area contributed by atoms with Gasteiger partial charge in [-0.05, 0) is 74.4 Å². The van der Waals surface area contributed by atoms with Gasteiger partial charge in [-0.2, -0.15) is 0 Å². The molecule has 0 aliphatic carbocycles. The zero-order valence-corrected chi connectivity index (χ0v) is 25.0. The highest BCUT2D eigenvalue weighted by atomic mass is 16.6. The van der Waals surface area contributed by atoms with E-state index in [2.05, 4.69) is 22.7 Å². The number of para-hydroxylation sites is 1. The summed E-state index contributed by atoms with van der Waals surface area (Å²) in [5, 5.41) is 15.7. The standard InChI is InChI=1S/C34H40N4O5/c1-22(24-14-16-26(17-15-24)42-21-23-10-6-5-7-11-23)18-30(36-33(41)43-34(2,3)4)37-38-29(31(38)32(39)40)19-25-20-35-28-13-9-8-12-27(25)28/h5-17,20,22,29-31,35,37H,18-19,21H2,1-4H3,(H,36,41)(H,39,40)/t22?,29-,30?,31-,38?/m1/s1. The molecular weight excluding hydrogens is 544 g/mol. The van der Waals surface area contributed by atoms with Crippen LogP contribution in [0.4, 0.5) is 4.79 Å². The Kier molecular flexibility index (Phi) is 9.03. The first-order valence-corrected chi connectivity index (χ1v) is 14.7. The van der Waals surface area contributed by atoms with Crippen LogP contribution in [0.1, 0.15) is 56.7 Å². The first kappa shape index (κ1) is 30.1. The number of aromatic nitrogens is 1. The lowest BCUT2D eigenvalue weighted by Gasteiger charge is -2.27. The van der Waals surface area contributed by atoms with Crippen molar-refractivity contribution in [2.24, 2.45) is 0 Å². The SMILES string of the molecule is CC(CC(NC(=O)OC(C)(C)C)NN1[C@H](Cc2c[nH]c3ccccc23)[C@@H]1C(=O)O)c1ccc(OCc2ccccc2)cc1. The van der Waals surface area contributed by atoms with Crippen LogP contribution < -0.4 is 15.5 Å². The maximum absolute atomic E-state index is 12.8. The Balaban J connectivity index is 1.26. The zero-order chi connectivity index (χ0) is 30.6. The van der Waals surface area contributed by atoms with E-state index in [9.17, 15) is 14.7 Å². The van der Waals surface area contributed by atoms with Crippen LogP contribution in [0, 0.1) is 0 Å². The average Bonchev–Trinajstić information content (AvgIpc) is 3.48. The molecule has 43 heavy (non-hydrogen) atoms. The number of benzene rings is 3. The zero-order valence-electron chi connectivity index (χ0n) is 25.0. The minimum Gasteiger partial charge on any atom is -0.489 e. The molecule has 226 valence electrons. The summed E-state index contributed by atoms with van der Waals surface area (Å²) in [6, 6.07) is 24.9. The number of ether oxygens (including phenoxy) is 2. The molecule has 0 bridgehead atoms. The molecule has 9 nitrogen and oxygen atoms in total. The van der Waals surface area contributed by atoms with Gasteiger partial charge in [0.25, 0.3) is 0 Å². The number of hydrogen-bond acceptors (Lipinski definition) is 6. The summed E-state index contributed by atoms with van der Waals surface area (Å²) in [5.41, 5.74) is 6.87. The molecule has 0 radical (unpaired) electrons. The van der Waals surface area contributed by atoms with Gasteiger partial charge >= 0.3 is 12.1 Å². The fourth-order valence-electron chi connectivity index (χ4n) is 5.37. The highest BCUT2D eigenvalue weighted by Crippen LogP contribution is 2.33. The van der Waals surface area contributed by atoms with Crippen LogP contribution in [0.5, 0.6) is 5.75 Å². The minimum absolute atomic E-state index is 0.0332. The van der Waals surface area contributed by atoms with Crippen LogP contribution >= 0.6 is 0 Å². The second-order valence-corrected chi connectivity index (χ2v) is 12.1. The molecule has 1 aliphatic rings. The first-order chi connectivity index (χ1) is 20.6. The van der Waals surface area contributed by atoms with Crippen molar-refractivity contribution in [2.75, 3.05) is 0 Å². The Labute approximate surface area is 252 Å². The molecule has 5 atom stereocenters. The van der Waals surface area contributed by atoms with Gasteiger partial charge < -0.3 is 24.9 Å². The molecule has 0 saturated carbocycles. The molecule has 9 heteroatoms. The summed E-state index contributed by atoms with van der Waals surface area (Å²) in [5.74, 6) is -0.103. The normalized spacial score (nSPS) is 19.4. The molecular formula is C34H40N4O5. The molecule has 1 amide bonds. The number of nitrogens with zero attached hydrogens (tertiary/aromatic N) is 1. The lowest BCUT2D eigenvalue weighted by atomic mass is 9.96. The van der Waals surface area contributed by atoms with Crippen molar-refractivity contribution in [3.63, 3.8) is 0 Å². The maximum atomic E-state index is 12.8. The van der Waals surface area contributed by atoms with Crippen LogP contribution in [0.3, 0.4) is 0 Å². The molecule has 1 aromatic heterocycles. The number of fused-ring (bicyclic) bond motifs is 1. The number of nitrogens with one attached hydrogen (secondary N) is 3. The summed E-state index contributed by atoms with van der Waals surface area (Å²) in [6.07, 6.45) is 1.86. The smallest absolute Gasteiger partial charge is 0.408 e. The quantitative estimate of drug-likeness (QED) is 0.120.